The number of anilines is 2. The van der Waals surface area contributed by atoms with E-state index in [0.717, 1.165) is 4.57 Å². The number of carbonyl (C=O) groups excluding carboxylic acids is 2. The summed E-state index contributed by atoms with van der Waals surface area (Å²) < 4.78 is 7.45. The molecule has 32 heavy (non-hydrogen) atoms. The maximum Gasteiger partial charge on any atom is 0.332 e. The van der Waals surface area contributed by atoms with Gasteiger partial charge in [0.2, 0.25) is 11.8 Å². The summed E-state index contributed by atoms with van der Waals surface area (Å²) in [5.41, 5.74) is 0.652. The van der Waals surface area contributed by atoms with Gasteiger partial charge in [0.1, 0.15) is 11.1 Å². The third-order valence-electron chi connectivity index (χ3n) is 5.77. The molecule has 10 nitrogen and oxygen atoms in total. The largest absolute Gasteiger partial charge is 0.497 e. The molecule has 4 rings (SSSR count). The quantitative estimate of drug-likeness (QED) is 0.650. The first-order chi connectivity index (χ1) is 15.2. The number of fused-ring (bicyclic) bond motifs is 1. The number of nitrogens with one attached hydrogen (secondary N) is 1. The molecule has 1 aromatic carbocycles. The van der Waals surface area contributed by atoms with Crippen molar-refractivity contribution < 1.29 is 14.3 Å². The molecule has 2 aromatic heterocycles. The van der Waals surface area contributed by atoms with Gasteiger partial charge < -0.3 is 15.0 Å². The molecule has 0 saturated carbocycles. The summed E-state index contributed by atoms with van der Waals surface area (Å²) >= 11 is 0. The fourth-order valence-electron chi connectivity index (χ4n) is 3.92. The van der Waals surface area contributed by atoms with Crippen molar-refractivity contribution in [3.05, 3.63) is 56.9 Å². The van der Waals surface area contributed by atoms with Crippen molar-refractivity contribution in [2.75, 3.05) is 23.9 Å². The van der Waals surface area contributed by atoms with Crippen molar-refractivity contribution in [2.45, 2.75) is 13.3 Å². The van der Waals surface area contributed by atoms with Gasteiger partial charge in [-0.15, -0.1) is 0 Å². The molecule has 3 aromatic rings. The van der Waals surface area contributed by atoms with Gasteiger partial charge in [0.05, 0.1) is 18.7 Å². The molecule has 1 saturated heterocycles. The average molecular weight is 437 g/mol. The molecule has 0 aliphatic carbocycles. The van der Waals surface area contributed by atoms with Crippen LogP contribution in [0.2, 0.25) is 0 Å². The molecule has 1 atom stereocenters. The van der Waals surface area contributed by atoms with Crippen LogP contribution in [0.15, 0.2) is 40.1 Å². The summed E-state index contributed by atoms with van der Waals surface area (Å²) in [4.78, 5) is 56.5. The number of benzene rings is 1. The Kier molecular flexibility index (Phi) is 5.29. The van der Waals surface area contributed by atoms with Gasteiger partial charge in [-0.25, -0.2) is 9.78 Å². The van der Waals surface area contributed by atoms with E-state index < -0.39 is 17.2 Å². The first kappa shape index (κ1) is 21.3. The van der Waals surface area contributed by atoms with Gasteiger partial charge in [0.25, 0.3) is 5.56 Å². The zero-order chi connectivity index (χ0) is 23.2. The molecular formula is C22H23N5O5. The number of hydrogen-bond acceptors (Lipinski definition) is 6. The number of aromatic nitrogens is 3. The van der Waals surface area contributed by atoms with Crippen LogP contribution in [-0.4, -0.2) is 39.6 Å². The third kappa shape index (κ3) is 3.43. The highest BCUT2D eigenvalue weighted by molar-refractivity contribution is 6.06. The Hall–Kier alpha value is -3.95. The van der Waals surface area contributed by atoms with E-state index >= 15 is 0 Å². The number of aryl methyl sites for hydroxylation is 2. The Labute approximate surface area is 183 Å². The van der Waals surface area contributed by atoms with Gasteiger partial charge in [-0.1, -0.05) is 6.07 Å². The normalized spacial score (nSPS) is 15.9. The smallest absolute Gasteiger partial charge is 0.332 e. The first-order valence-electron chi connectivity index (χ1n) is 10.0. The van der Waals surface area contributed by atoms with E-state index in [2.05, 4.69) is 10.3 Å². The van der Waals surface area contributed by atoms with E-state index in [1.807, 2.05) is 0 Å². The van der Waals surface area contributed by atoms with Crippen LogP contribution in [0.4, 0.5) is 11.4 Å². The minimum absolute atomic E-state index is 0.0433. The van der Waals surface area contributed by atoms with Gasteiger partial charge >= 0.3 is 5.69 Å². The van der Waals surface area contributed by atoms with Crippen molar-refractivity contribution in [3.63, 3.8) is 0 Å². The number of amides is 2. The molecule has 10 heteroatoms. The predicted octanol–water partition coefficient (Wildman–Crippen LogP) is 0.941. The molecule has 1 aliphatic heterocycles. The summed E-state index contributed by atoms with van der Waals surface area (Å²) in [7, 11) is 4.43. The lowest BCUT2D eigenvalue weighted by molar-refractivity contribution is -0.122. The third-order valence-corrected chi connectivity index (χ3v) is 5.77. The Morgan fingerprint density at radius 1 is 1.19 bits per heavy atom. The molecule has 166 valence electrons. The number of pyridine rings is 1. The summed E-state index contributed by atoms with van der Waals surface area (Å²) in [5, 5.41) is 2.96. The molecule has 2 amide bonds. The lowest BCUT2D eigenvalue weighted by Gasteiger charge is -2.18. The molecule has 1 aliphatic rings. The monoisotopic (exact) mass is 437 g/mol. The second kappa shape index (κ2) is 7.95. The van der Waals surface area contributed by atoms with Crippen molar-refractivity contribution in [3.8, 4) is 5.75 Å². The van der Waals surface area contributed by atoms with E-state index in [4.69, 9.17) is 4.74 Å². The van der Waals surface area contributed by atoms with Crippen LogP contribution in [0.1, 0.15) is 12.0 Å². The molecular weight excluding hydrogens is 414 g/mol. The van der Waals surface area contributed by atoms with E-state index in [0.29, 0.717) is 22.7 Å². The molecule has 3 heterocycles. The standard InChI is InChI=1S/C22H23N5O5/c1-12-10-23-19-17(21(30)26(3)22(31)25(19)2)18(12)24-20(29)13-8-16(28)27(11-13)14-6-5-7-15(9-14)32-4/h5-7,9-10,13H,8,11H2,1-4H3,(H,23,24,29). The van der Waals surface area contributed by atoms with E-state index in [9.17, 15) is 19.2 Å². The number of hydrogen-bond donors (Lipinski definition) is 1. The second-order valence-electron chi connectivity index (χ2n) is 7.82. The van der Waals surface area contributed by atoms with Gasteiger partial charge in [-0.3, -0.25) is 23.5 Å². The summed E-state index contributed by atoms with van der Waals surface area (Å²) in [6.45, 7) is 1.92. The lowest BCUT2D eigenvalue weighted by atomic mass is 10.1. The van der Waals surface area contributed by atoms with Crippen LogP contribution < -0.4 is 26.2 Å². The zero-order valence-electron chi connectivity index (χ0n) is 18.2. The topological polar surface area (TPSA) is 116 Å². The number of carbonyl (C=O) groups is 2. The van der Waals surface area contributed by atoms with Crippen molar-refractivity contribution in [1.82, 2.24) is 14.1 Å². The maximum absolute atomic E-state index is 13.1. The minimum atomic E-state index is -0.604. The minimum Gasteiger partial charge on any atom is -0.497 e. The lowest BCUT2D eigenvalue weighted by Crippen LogP contribution is -2.38. The number of ether oxygens (including phenoxy) is 1. The Balaban J connectivity index is 1.66. The number of rotatable bonds is 4. The summed E-state index contributed by atoms with van der Waals surface area (Å²) in [5.74, 6) is -0.542. The van der Waals surface area contributed by atoms with Crippen LogP contribution in [0.25, 0.3) is 11.0 Å². The number of nitrogens with zero attached hydrogens (tertiary/aromatic N) is 4. The first-order valence-corrected chi connectivity index (χ1v) is 10.0. The highest BCUT2D eigenvalue weighted by atomic mass is 16.5. The fraction of sp³-hybridized carbons (Fsp3) is 0.318. The highest BCUT2D eigenvalue weighted by Crippen LogP contribution is 2.29. The van der Waals surface area contributed by atoms with Crippen molar-refractivity contribution >= 4 is 34.2 Å². The molecule has 1 fully saturated rings. The van der Waals surface area contributed by atoms with Crippen LogP contribution in [0.3, 0.4) is 0 Å². The zero-order valence-corrected chi connectivity index (χ0v) is 18.2. The van der Waals surface area contributed by atoms with Crippen LogP contribution in [0.5, 0.6) is 5.75 Å². The summed E-state index contributed by atoms with van der Waals surface area (Å²) in [6, 6.07) is 7.08. The van der Waals surface area contributed by atoms with E-state index in [1.54, 1.807) is 43.2 Å². The van der Waals surface area contributed by atoms with E-state index in [1.165, 1.54) is 24.9 Å². The Bertz CT molecular complexity index is 1370. The SMILES string of the molecule is COc1cccc(N2CC(C(=O)Nc3c(C)cnc4c3c(=O)n(C)c(=O)n4C)CC2=O)c1. The van der Waals surface area contributed by atoms with Gasteiger partial charge in [0, 0.05) is 45.0 Å². The van der Waals surface area contributed by atoms with Crippen LogP contribution in [0, 0.1) is 12.8 Å². The van der Waals surface area contributed by atoms with Gasteiger partial charge in [0.15, 0.2) is 5.65 Å². The summed E-state index contributed by atoms with van der Waals surface area (Å²) in [6.07, 6.45) is 1.54. The Morgan fingerprint density at radius 3 is 2.66 bits per heavy atom. The maximum atomic E-state index is 13.1. The van der Waals surface area contributed by atoms with Crippen molar-refractivity contribution in [1.29, 1.82) is 0 Å². The molecule has 1 unspecified atom stereocenters. The van der Waals surface area contributed by atoms with Crippen LogP contribution in [-0.2, 0) is 23.7 Å². The highest BCUT2D eigenvalue weighted by Gasteiger charge is 2.35. The molecule has 0 spiro atoms. The van der Waals surface area contributed by atoms with E-state index in [-0.39, 0.29) is 35.8 Å². The average Bonchev–Trinajstić information content (AvgIpc) is 3.19. The fourth-order valence-corrected chi connectivity index (χ4v) is 3.92. The molecule has 0 bridgehead atoms. The second-order valence-corrected chi connectivity index (χ2v) is 7.82. The number of methoxy groups -OCH3 is 1. The van der Waals surface area contributed by atoms with Crippen LogP contribution >= 0.6 is 0 Å². The predicted molar refractivity (Wildman–Crippen MR) is 119 cm³/mol. The Morgan fingerprint density at radius 2 is 1.94 bits per heavy atom. The molecule has 1 N–H and O–H groups in total. The van der Waals surface area contributed by atoms with Gasteiger partial charge in [-0.05, 0) is 24.6 Å². The van der Waals surface area contributed by atoms with Crippen molar-refractivity contribution in [2.24, 2.45) is 20.0 Å². The molecule has 0 radical (unpaired) electrons. The van der Waals surface area contributed by atoms with Gasteiger partial charge in [-0.2, -0.15) is 0 Å².